The van der Waals surface area contributed by atoms with Gasteiger partial charge in [-0.05, 0) is 19.9 Å². The van der Waals surface area contributed by atoms with Crippen molar-refractivity contribution in [2.24, 2.45) is 5.92 Å². The fourth-order valence-electron chi connectivity index (χ4n) is 2.91. The van der Waals surface area contributed by atoms with Gasteiger partial charge in [-0.15, -0.1) is 0 Å². The normalized spacial score (nSPS) is 21.3. The highest BCUT2D eigenvalue weighted by atomic mass is 16.4. The van der Waals surface area contributed by atoms with Crippen molar-refractivity contribution in [2.45, 2.75) is 26.8 Å². The molecule has 6 heteroatoms. The fraction of sp³-hybridized carbons (Fsp3) is 0.733. The molecule has 1 N–H and O–H groups in total. The molecule has 21 heavy (non-hydrogen) atoms. The van der Waals surface area contributed by atoms with Gasteiger partial charge in [0.25, 0.3) is 0 Å². The first-order chi connectivity index (χ1) is 10.1. The van der Waals surface area contributed by atoms with E-state index in [4.69, 9.17) is 0 Å². The first-order valence-electron chi connectivity index (χ1n) is 7.75. The zero-order valence-electron chi connectivity index (χ0n) is 13.0. The van der Waals surface area contributed by atoms with Gasteiger partial charge in [0.15, 0.2) is 0 Å². The van der Waals surface area contributed by atoms with Gasteiger partial charge in [-0.3, -0.25) is 9.69 Å². The minimum absolute atomic E-state index is 0.289. The van der Waals surface area contributed by atoms with E-state index in [1.165, 1.54) is 0 Å². The molecule has 0 aliphatic carbocycles. The Kier molecular flexibility index (Phi) is 5.76. The van der Waals surface area contributed by atoms with E-state index in [1.54, 1.807) is 6.20 Å². The van der Waals surface area contributed by atoms with Gasteiger partial charge in [0.1, 0.15) is 5.82 Å². The second-order valence-corrected chi connectivity index (χ2v) is 5.80. The van der Waals surface area contributed by atoms with Crippen molar-refractivity contribution in [3.8, 4) is 0 Å². The van der Waals surface area contributed by atoms with Crippen molar-refractivity contribution in [3.63, 3.8) is 0 Å². The third-order valence-corrected chi connectivity index (χ3v) is 4.16. The van der Waals surface area contributed by atoms with Crippen LogP contribution in [0.4, 0.5) is 0 Å². The van der Waals surface area contributed by atoms with Crippen LogP contribution in [-0.2, 0) is 11.3 Å². The van der Waals surface area contributed by atoms with E-state index in [0.29, 0.717) is 13.1 Å². The Bertz CT molecular complexity index is 460. The second-order valence-electron chi connectivity index (χ2n) is 5.80. The Morgan fingerprint density at radius 1 is 1.29 bits per heavy atom. The number of rotatable bonds is 6. The Morgan fingerprint density at radius 3 is 2.48 bits per heavy atom. The van der Waals surface area contributed by atoms with Crippen LogP contribution in [0.2, 0.25) is 0 Å². The van der Waals surface area contributed by atoms with Crippen LogP contribution in [0.1, 0.15) is 19.2 Å². The van der Waals surface area contributed by atoms with Gasteiger partial charge in [-0.2, -0.15) is 0 Å². The van der Waals surface area contributed by atoms with E-state index in [1.807, 2.05) is 13.1 Å². The molecule has 1 aromatic heterocycles. The maximum atomic E-state index is 11.4. The van der Waals surface area contributed by atoms with E-state index in [9.17, 15) is 9.90 Å². The SMILES string of the molecule is CCCN1CCN(CCn2ccnc2C)C[C@@H](C(=O)O)C1. The standard InChI is InChI=1S/C15H26N4O2/c1-3-5-17-7-8-18(12-14(11-17)15(20)21)9-10-19-6-4-16-13(19)2/h4,6,14H,3,5,7-12H2,1-2H3,(H,20,21)/t14-/m0/s1. The number of carbonyl (C=O) groups is 1. The molecule has 2 heterocycles. The lowest BCUT2D eigenvalue weighted by Crippen LogP contribution is -2.36. The third kappa shape index (κ3) is 4.54. The van der Waals surface area contributed by atoms with E-state index >= 15 is 0 Å². The van der Waals surface area contributed by atoms with Gasteiger partial charge in [-0.25, -0.2) is 4.98 Å². The Balaban J connectivity index is 1.93. The van der Waals surface area contributed by atoms with E-state index < -0.39 is 5.97 Å². The van der Waals surface area contributed by atoms with Gasteiger partial charge in [0.2, 0.25) is 0 Å². The molecule has 0 spiro atoms. The largest absolute Gasteiger partial charge is 0.481 e. The minimum Gasteiger partial charge on any atom is -0.481 e. The molecule has 0 bridgehead atoms. The van der Waals surface area contributed by atoms with Crippen molar-refractivity contribution >= 4 is 5.97 Å². The summed E-state index contributed by atoms with van der Waals surface area (Å²) in [6, 6.07) is 0. The van der Waals surface area contributed by atoms with Crippen LogP contribution in [0.3, 0.4) is 0 Å². The Labute approximate surface area is 126 Å². The van der Waals surface area contributed by atoms with E-state index in [0.717, 1.165) is 45.0 Å². The molecule has 0 radical (unpaired) electrons. The first kappa shape index (κ1) is 16.0. The average Bonchev–Trinajstić information content (AvgIpc) is 2.73. The van der Waals surface area contributed by atoms with Gasteiger partial charge >= 0.3 is 5.97 Å². The van der Waals surface area contributed by atoms with Gasteiger partial charge in [0.05, 0.1) is 5.92 Å². The number of aliphatic carboxylic acids is 1. The number of carboxylic acids is 1. The van der Waals surface area contributed by atoms with Crippen LogP contribution in [0.5, 0.6) is 0 Å². The van der Waals surface area contributed by atoms with Gasteiger partial charge in [-0.1, -0.05) is 6.92 Å². The predicted molar refractivity (Wildman–Crippen MR) is 81.3 cm³/mol. The second kappa shape index (κ2) is 7.56. The summed E-state index contributed by atoms with van der Waals surface area (Å²) < 4.78 is 2.12. The van der Waals surface area contributed by atoms with Crippen molar-refractivity contribution in [1.29, 1.82) is 0 Å². The smallest absolute Gasteiger partial charge is 0.309 e. The quantitative estimate of drug-likeness (QED) is 0.845. The number of aromatic nitrogens is 2. The molecule has 1 fully saturated rings. The number of aryl methyl sites for hydroxylation is 1. The first-order valence-corrected chi connectivity index (χ1v) is 7.75. The lowest BCUT2D eigenvalue weighted by atomic mass is 10.1. The van der Waals surface area contributed by atoms with Crippen molar-refractivity contribution < 1.29 is 9.90 Å². The van der Waals surface area contributed by atoms with Crippen molar-refractivity contribution in [1.82, 2.24) is 19.4 Å². The maximum absolute atomic E-state index is 11.4. The summed E-state index contributed by atoms with van der Waals surface area (Å²) in [7, 11) is 0. The Morgan fingerprint density at radius 2 is 1.95 bits per heavy atom. The molecule has 1 aliphatic rings. The Hall–Kier alpha value is -1.40. The van der Waals surface area contributed by atoms with Crippen LogP contribution in [0.25, 0.3) is 0 Å². The molecule has 2 rings (SSSR count). The van der Waals surface area contributed by atoms with E-state index in [2.05, 4.69) is 26.3 Å². The molecule has 1 atom stereocenters. The molecular weight excluding hydrogens is 268 g/mol. The highest BCUT2D eigenvalue weighted by Crippen LogP contribution is 2.11. The topological polar surface area (TPSA) is 61.6 Å². The number of carboxylic acid groups (broad SMARTS) is 1. The lowest BCUT2D eigenvalue weighted by molar-refractivity contribution is -0.142. The molecule has 0 amide bonds. The molecule has 1 aromatic rings. The molecule has 0 aromatic carbocycles. The van der Waals surface area contributed by atoms with Gasteiger partial charge in [0, 0.05) is 51.7 Å². The summed E-state index contributed by atoms with van der Waals surface area (Å²) in [6.07, 6.45) is 4.85. The number of nitrogens with zero attached hydrogens (tertiary/aromatic N) is 4. The number of hydrogen-bond donors (Lipinski definition) is 1. The molecule has 118 valence electrons. The van der Waals surface area contributed by atoms with E-state index in [-0.39, 0.29) is 5.92 Å². The minimum atomic E-state index is -0.679. The van der Waals surface area contributed by atoms with Crippen LogP contribution in [0, 0.1) is 12.8 Å². The highest BCUT2D eigenvalue weighted by Gasteiger charge is 2.27. The number of hydrogen-bond acceptors (Lipinski definition) is 4. The fourth-order valence-corrected chi connectivity index (χ4v) is 2.91. The summed E-state index contributed by atoms with van der Waals surface area (Å²) in [5.41, 5.74) is 0. The molecule has 1 saturated heterocycles. The van der Waals surface area contributed by atoms with Crippen molar-refractivity contribution in [2.75, 3.05) is 39.3 Å². The zero-order chi connectivity index (χ0) is 15.2. The molecule has 1 aliphatic heterocycles. The van der Waals surface area contributed by atoms with Crippen LogP contribution < -0.4 is 0 Å². The van der Waals surface area contributed by atoms with Gasteiger partial charge < -0.3 is 14.6 Å². The van der Waals surface area contributed by atoms with Crippen LogP contribution in [0.15, 0.2) is 12.4 Å². The lowest BCUT2D eigenvalue weighted by Gasteiger charge is -2.22. The molecule has 0 unspecified atom stereocenters. The number of imidazole rings is 1. The summed E-state index contributed by atoms with van der Waals surface area (Å²) in [5.74, 6) is 0.0389. The predicted octanol–water partition coefficient (Wildman–Crippen LogP) is 0.920. The summed E-state index contributed by atoms with van der Waals surface area (Å²) in [4.78, 5) is 20.2. The highest BCUT2D eigenvalue weighted by molar-refractivity contribution is 5.70. The molecule has 0 saturated carbocycles. The van der Waals surface area contributed by atoms with Crippen molar-refractivity contribution in [3.05, 3.63) is 18.2 Å². The molecular formula is C15H26N4O2. The zero-order valence-corrected chi connectivity index (χ0v) is 13.0. The van der Waals surface area contributed by atoms with Crippen LogP contribution in [-0.4, -0.2) is 69.7 Å². The average molecular weight is 294 g/mol. The summed E-state index contributed by atoms with van der Waals surface area (Å²) in [5, 5.41) is 9.39. The monoisotopic (exact) mass is 294 g/mol. The summed E-state index contributed by atoms with van der Waals surface area (Å²) in [6.45, 7) is 10.1. The maximum Gasteiger partial charge on any atom is 0.309 e. The summed E-state index contributed by atoms with van der Waals surface area (Å²) >= 11 is 0. The molecule has 6 nitrogen and oxygen atoms in total. The third-order valence-electron chi connectivity index (χ3n) is 4.16. The van der Waals surface area contributed by atoms with Crippen LogP contribution >= 0.6 is 0 Å².